The van der Waals surface area contributed by atoms with E-state index in [1.807, 2.05) is 0 Å². The van der Waals surface area contributed by atoms with Crippen molar-refractivity contribution >= 4 is 6.29 Å². The highest BCUT2D eigenvalue weighted by molar-refractivity contribution is 5.56. The molecule has 0 amide bonds. The third kappa shape index (κ3) is 15.7. The van der Waals surface area contributed by atoms with E-state index >= 15 is 0 Å². The lowest BCUT2D eigenvalue weighted by molar-refractivity contribution is -0.109. The van der Waals surface area contributed by atoms with Crippen LogP contribution in [0.4, 0.5) is 0 Å². The molecule has 120 valence electrons. The first-order chi connectivity index (χ1) is 9.81. The Kier molecular flexibility index (Phi) is 16.4. The normalized spacial score (nSPS) is 12.5. The maximum Gasteiger partial charge on any atom is 0.136 e. The first-order valence-electron chi connectivity index (χ1n) is 9.02. The highest BCUT2D eigenvalue weighted by Gasteiger charge is 1.99. The van der Waals surface area contributed by atoms with Crippen LogP contribution in [0.3, 0.4) is 0 Å². The van der Waals surface area contributed by atoms with Crippen LogP contribution in [0.5, 0.6) is 0 Å². The van der Waals surface area contributed by atoms with Crippen LogP contribution < -0.4 is 5.73 Å². The third-order valence-electron chi connectivity index (χ3n) is 4.07. The Morgan fingerprint density at radius 2 is 1.05 bits per heavy atom. The molecule has 2 heteroatoms. The summed E-state index contributed by atoms with van der Waals surface area (Å²) in [6.45, 7) is 2.27. The maximum atomic E-state index is 10.3. The van der Waals surface area contributed by atoms with Gasteiger partial charge in [0.2, 0.25) is 0 Å². The fourth-order valence-corrected chi connectivity index (χ4v) is 2.64. The van der Waals surface area contributed by atoms with Crippen LogP contribution in [0.2, 0.25) is 0 Å². The number of carbonyl (C=O) groups is 1. The second kappa shape index (κ2) is 16.7. The van der Waals surface area contributed by atoms with E-state index in [2.05, 4.69) is 6.92 Å². The first-order valence-corrected chi connectivity index (χ1v) is 9.02. The summed E-state index contributed by atoms with van der Waals surface area (Å²) in [5.41, 5.74) is 5.55. The summed E-state index contributed by atoms with van der Waals surface area (Å²) in [6.07, 6.45) is 20.9. The number of hydrogen-bond donors (Lipinski definition) is 1. The van der Waals surface area contributed by atoms with Crippen molar-refractivity contribution in [2.24, 2.45) is 5.73 Å². The van der Waals surface area contributed by atoms with E-state index in [9.17, 15) is 4.79 Å². The molecule has 0 aliphatic rings. The molecule has 0 saturated heterocycles. The summed E-state index contributed by atoms with van der Waals surface area (Å²) in [5.74, 6) is 0. The zero-order valence-electron chi connectivity index (χ0n) is 13.7. The lowest BCUT2D eigenvalue weighted by atomic mass is 10.0. The van der Waals surface area contributed by atoms with Crippen molar-refractivity contribution in [3.63, 3.8) is 0 Å². The van der Waals surface area contributed by atoms with Crippen LogP contribution in [0.1, 0.15) is 103 Å². The molecule has 0 aliphatic heterocycles. The molecular formula is C18H37NO. The number of carbonyl (C=O) groups excluding carboxylic acids is 1. The van der Waals surface area contributed by atoms with Crippen molar-refractivity contribution in [3.8, 4) is 0 Å². The predicted octanol–water partition coefficient (Wildman–Crippen LogP) is 5.38. The molecular weight excluding hydrogens is 246 g/mol. The average molecular weight is 283 g/mol. The quantitative estimate of drug-likeness (QED) is 0.305. The van der Waals surface area contributed by atoms with Gasteiger partial charge in [-0.2, -0.15) is 0 Å². The smallest absolute Gasteiger partial charge is 0.136 e. The molecule has 0 rings (SSSR count). The molecule has 0 aromatic carbocycles. The van der Waals surface area contributed by atoms with Crippen molar-refractivity contribution in [3.05, 3.63) is 0 Å². The molecule has 0 radical (unpaired) electrons. The second-order valence-corrected chi connectivity index (χ2v) is 6.18. The van der Waals surface area contributed by atoms with Gasteiger partial charge < -0.3 is 10.5 Å². The monoisotopic (exact) mass is 283 g/mol. The lowest BCUT2D eigenvalue weighted by Gasteiger charge is -2.04. The number of aldehydes is 1. The Balaban J connectivity index is 2.97. The van der Waals surface area contributed by atoms with Crippen molar-refractivity contribution in [2.45, 2.75) is 109 Å². The van der Waals surface area contributed by atoms with Crippen LogP contribution >= 0.6 is 0 Å². The summed E-state index contributed by atoms with van der Waals surface area (Å²) < 4.78 is 0. The minimum atomic E-state index is -0.229. The van der Waals surface area contributed by atoms with E-state index in [0.29, 0.717) is 0 Å². The van der Waals surface area contributed by atoms with Crippen LogP contribution in [-0.2, 0) is 4.79 Å². The molecule has 2 N–H and O–H groups in total. The van der Waals surface area contributed by atoms with E-state index in [4.69, 9.17) is 5.73 Å². The molecule has 2 nitrogen and oxygen atoms in total. The Morgan fingerprint density at radius 3 is 1.40 bits per heavy atom. The fraction of sp³-hybridized carbons (Fsp3) is 0.944. The summed E-state index contributed by atoms with van der Waals surface area (Å²) in [6, 6.07) is -0.229. The van der Waals surface area contributed by atoms with Gasteiger partial charge in [0.05, 0.1) is 6.04 Å². The van der Waals surface area contributed by atoms with Crippen LogP contribution in [0.15, 0.2) is 0 Å². The number of hydrogen-bond acceptors (Lipinski definition) is 2. The van der Waals surface area contributed by atoms with E-state index in [-0.39, 0.29) is 6.04 Å². The van der Waals surface area contributed by atoms with E-state index in [1.54, 1.807) is 0 Å². The molecule has 0 bridgehead atoms. The molecule has 0 spiro atoms. The Bertz CT molecular complexity index is 194. The predicted molar refractivity (Wildman–Crippen MR) is 89.0 cm³/mol. The van der Waals surface area contributed by atoms with Gasteiger partial charge in [0, 0.05) is 0 Å². The third-order valence-corrected chi connectivity index (χ3v) is 4.07. The Labute approximate surface area is 126 Å². The van der Waals surface area contributed by atoms with Gasteiger partial charge in [0.15, 0.2) is 0 Å². The summed E-state index contributed by atoms with van der Waals surface area (Å²) in [5, 5.41) is 0. The minimum Gasteiger partial charge on any atom is -0.322 e. The molecule has 1 atom stereocenters. The van der Waals surface area contributed by atoms with Gasteiger partial charge in [0.25, 0.3) is 0 Å². The van der Waals surface area contributed by atoms with Gasteiger partial charge in [-0.25, -0.2) is 0 Å². The molecule has 0 aromatic rings. The van der Waals surface area contributed by atoms with E-state index in [0.717, 1.165) is 19.1 Å². The Hall–Kier alpha value is -0.370. The number of unbranched alkanes of at least 4 members (excludes halogenated alkanes) is 13. The SMILES string of the molecule is CCCCCCCCCCCCCCCCC(N)C=O. The van der Waals surface area contributed by atoms with Gasteiger partial charge in [-0.3, -0.25) is 0 Å². The van der Waals surface area contributed by atoms with Gasteiger partial charge >= 0.3 is 0 Å². The summed E-state index contributed by atoms with van der Waals surface area (Å²) in [7, 11) is 0. The zero-order valence-corrected chi connectivity index (χ0v) is 13.7. The lowest BCUT2D eigenvalue weighted by Crippen LogP contribution is -2.20. The van der Waals surface area contributed by atoms with E-state index in [1.165, 1.54) is 83.5 Å². The van der Waals surface area contributed by atoms with Gasteiger partial charge in [0.1, 0.15) is 6.29 Å². The minimum absolute atomic E-state index is 0.229. The highest BCUT2D eigenvalue weighted by Crippen LogP contribution is 2.13. The molecule has 0 saturated carbocycles. The zero-order chi connectivity index (χ0) is 14.9. The molecule has 0 aliphatic carbocycles. The van der Waals surface area contributed by atoms with Gasteiger partial charge in [-0.15, -0.1) is 0 Å². The maximum absolute atomic E-state index is 10.3. The Morgan fingerprint density at radius 1 is 0.700 bits per heavy atom. The van der Waals surface area contributed by atoms with Gasteiger partial charge in [-0.05, 0) is 6.42 Å². The van der Waals surface area contributed by atoms with Crippen LogP contribution in [0.25, 0.3) is 0 Å². The van der Waals surface area contributed by atoms with Crippen molar-refractivity contribution in [1.82, 2.24) is 0 Å². The van der Waals surface area contributed by atoms with Crippen molar-refractivity contribution in [2.75, 3.05) is 0 Å². The number of nitrogens with two attached hydrogens (primary N) is 1. The van der Waals surface area contributed by atoms with Crippen LogP contribution in [-0.4, -0.2) is 12.3 Å². The van der Waals surface area contributed by atoms with Crippen molar-refractivity contribution < 1.29 is 4.79 Å². The standard InChI is InChI=1S/C18H37NO/c1-2-3-4-5-6-7-8-9-10-11-12-13-14-15-16-18(19)17-20/h17-18H,2-16,19H2,1H3. The molecule has 0 fully saturated rings. The summed E-state index contributed by atoms with van der Waals surface area (Å²) >= 11 is 0. The summed E-state index contributed by atoms with van der Waals surface area (Å²) in [4.78, 5) is 10.3. The van der Waals surface area contributed by atoms with Gasteiger partial charge in [-0.1, -0.05) is 96.8 Å². The van der Waals surface area contributed by atoms with E-state index < -0.39 is 0 Å². The fourth-order valence-electron chi connectivity index (χ4n) is 2.64. The number of rotatable bonds is 16. The molecule has 20 heavy (non-hydrogen) atoms. The molecule has 0 heterocycles. The van der Waals surface area contributed by atoms with Crippen molar-refractivity contribution in [1.29, 1.82) is 0 Å². The highest BCUT2D eigenvalue weighted by atomic mass is 16.1. The first kappa shape index (κ1) is 19.6. The van der Waals surface area contributed by atoms with Crippen LogP contribution in [0, 0.1) is 0 Å². The molecule has 1 unspecified atom stereocenters. The topological polar surface area (TPSA) is 43.1 Å². The molecule has 0 aromatic heterocycles. The second-order valence-electron chi connectivity index (χ2n) is 6.18. The average Bonchev–Trinajstić information content (AvgIpc) is 2.47. The largest absolute Gasteiger partial charge is 0.322 e.